The Labute approximate surface area is 111 Å². The zero-order chi connectivity index (χ0) is 11.4. The second kappa shape index (κ2) is 6.01. The Morgan fingerprint density at radius 1 is 1.12 bits per heavy atom. The summed E-state index contributed by atoms with van der Waals surface area (Å²) in [6.45, 7) is 0. The molecule has 1 saturated carbocycles. The van der Waals surface area contributed by atoms with Crippen molar-refractivity contribution in [1.29, 1.82) is 0 Å². The number of hydrogen-bond acceptors (Lipinski definition) is 1. The topological polar surface area (TPSA) is 20.2 Å². The maximum Gasteiger partial charge on any atom is 0.0608 e. The number of aliphatic hydroxyl groups is 1. The standard InChI is InChI=1S/C14H19IO/c15-13-8-6-11(7-9-13)10-14(16)12-4-2-1-3-5-12/h6-9,12,14,16H,1-5,10H2. The predicted octanol–water partition coefficient (Wildman–Crippen LogP) is 3.77. The number of benzene rings is 1. The van der Waals surface area contributed by atoms with E-state index in [0.717, 1.165) is 6.42 Å². The quantitative estimate of drug-likeness (QED) is 0.837. The van der Waals surface area contributed by atoms with Crippen LogP contribution in [-0.2, 0) is 6.42 Å². The lowest BCUT2D eigenvalue weighted by atomic mass is 9.83. The molecule has 1 aromatic rings. The van der Waals surface area contributed by atoms with Gasteiger partial charge >= 0.3 is 0 Å². The average Bonchev–Trinajstić information content (AvgIpc) is 2.33. The zero-order valence-electron chi connectivity index (χ0n) is 9.53. The second-order valence-electron chi connectivity index (χ2n) is 4.80. The van der Waals surface area contributed by atoms with Crippen LogP contribution in [0.15, 0.2) is 24.3 Å². The molecule has 16 heavy (non-hydrogen) atoms. The van der Waals surface area contributed by atoms with Crippen LogP contribution in [0.2, 0.25) is 0 Å². The lowest BCUT2D eigenvalue weighted by molar-refractivity contribution is 0.0851. The molecule has 0 saturated heterocycles. The monoisotopic (exact) mass is 330 g/mol. The fourth-order valence-corrected chi connectivity index (χ4v) is 2.91. The van der Waals surface area contributed by atoms with Crippen molar-refractivity contribution in [3.8, 4) is 0 Å². The van der Waals surface area contributed by atoms with Crippen molar-refractivity contribution in [3.63, 3.8) is 0 Å². The Hall–Kier alpha value is -0.0900. The third kappa shape index (κ3) is 3.45. The molecular weight excluding hydrogens is 311 g/mol. The fraction of sp³-hybridized carbons (Fsp3) is 0.571. The summed E-state index contributed by atoms with van der Waals surface area (Å²) in [6.07, 6.45) is 7.06. The number of halogens is 1. The fourth-order valence-electron chi connectivity index (χ4n) is 2.55. The van der Waals surface area contributed by atoms with E-state index in [1.807, 2.05) is 0 Å². The van der Waals surface area contributed by atoms with Gasteiger partial charge in [-0.3, -0.25) is 0 Å². The van der Waals surface area contributed by atoms with Gasteiger partial charge < -0.3 is 5.11 Å². The van der Waals surface area contributed by atoms with Gasteiger partial charge in [0.1, 0.15) is 0 Å². The molecule has 0 amide bonds. The van der Waals surface area contributed by atoms with Gasteiger partial charge in [0.15, 0.2) is 0 Å². The highest BCUT2D eigenvalue weighted by Crippen LogP contribution is 2.28. The van der Waals surface area contributed by atoms with Crippen LogP contribution in [0.25, 0.3) is 0 Å². The molecule has 0 aliphatic heterocycles. The second-order valence-corrected chi connectivity index (χ2v) is 6.04. The first-order valence-corrected chi connectivity index (χ1v) is 7.26. The van der Waals surface area contributed by atoms with E-state index in [0.29, 0.717) is 5.92 Å². The highest BCUT2D eigenvalue weighted by atomic mass is 127. The van der Waals surface area contributed by atoms with Gasteiger partial charge in [-0.1, -0.05) is 31.4 Å². The van der Waals surface area contributed by atoms with Gasteiger partial charge in [-0.25, -0.2) is 0 Å². The van der Waals surface area contributed by atoms with Crippen molar-refractivity contribution in [2.45, 2.75) is 44.6 Å². The van der Waals surface area contributed by atoms with E-state index in [2.05, 4.69) is 46.9 Å². The van der Waals surface area contributed by atoms with Crippen LogP contribution in [-0.4, -0.2) is 11.2 Å². The van der Waals surface area contributed by atoms with Crippen LogP contribution < -0.4 is 0 Å². The largest absolute Gasteiger partial charge is 0.392 e. The van der Waals surface area contributed by atoms with Gasteiger partial charge in [0.05, 0.1) is 6.10 Å². The van der Waals surface area contributed by atoms with Crippen molar-refractivity contribution in [3.05, 3.63) is 33.4 Å². The lowest BCUT2D eigenvalue weighted by Crippen LogP contribution is -2.24. The van der Waals surface area contributed by atoms with E-state index in [1.54, 1.807) is 0 Å². The van der Waals surface area contributed by atoms with Crippen molar-refractivity contribution in [2.24, 2.45) is 5.92 Å². The minimum Gasteiger partial charge on any atom is -0.392 e. The summed E-state index contributed by atoms with van der Waals surface area (Å²) < 4.78 is 1.26. The highest BCUT2D eigenvalue weighted by molar-refractivity contribution is 14.1. The van der Waals surface area contributed by atoms with E-state index in [1.165, 1.54) is 41.2 Å². The van der Waals surface area contributed by atoms with Crippen molar-refractivity contribution >= 4 is 22.6 Å². The smallest absolute Gasteiger partial charge is 0.0608 e. The first kappa shape index (κ1) is 12.4. The summed E-state index contributed by atoms with van der Waals surface area (Å²) in [6, 6.07) is 8.49. The minimum absolute atomic E-state index is 0.139. The van der Waals surface area contributed by atoms with Crippen LogP contribution in [0.1, 0.15) is 37.7 Å². The van der Waals surface area contributed by atoms with Gasteiger partial charge in [0.25, 0.3) is 0 Å². The molecule has 2 heteroatoms. The molecule has 1 aliphatic carbocycles. The molecular formula is C14H19IO. The van der Waals surface area contributed by atoms with Gasteiger partial charge in [-0.15, -0.1) is 0 Å². The van der Waals surface area contributed by atoms with Gasteiger partial charge in [-0.2, -0.15) is 0 Å². The molecule has 1 nitrogen and oxygen atoms in total. The molecule has 0 radical (unpaired) electrons. The minimum atomic E-state index is -0.139. The normalized spacial score (nSPS) is 19.6. The molecule has 0 bridgehead atoms. The van der Waals surface area contributed by atoms with Gasteiger partial charge in [-0.05, 0) is 65.5 Å². The first-order chi connectivity index (χ1) is 7.75. The summed E-state index contributed by atoms with van der Waals surface area (Å²) >= 11 is 2.31. The number of rotatable bonds is 3. The average molecular weight is 330 g/mol. The van der Waals surface area contributed by atoms with Crippen molar-refractivity contribution in [1.82, 2.24) is 0 Å². The van der Waals surface area contributed by atoms with Crippen molar-refractivity contribution < 1.29 is 5.11 Å². The Morgan fingerprint density at radius 2 is 1.75 bits per heavy atom. The maximum atomic E-state index is 10.2. The molecule has 1 atom stereocenters. The van der Waals surface area contributed by atoms with Crippen molar-refractivity contribution in [2.75, 3.05) is 0 Å². The van der Waals surface area contributed by atoms with Gasteiger partial charge in [0.2, 0.25) is 0 Å². The summed E-state index contributed by atoms with van der Waals surface area (Å²) in [5, 5.41) is 10.2. The molecule has 0 heterocycles. The molecule has 1 aliphatic rings. The molecule has 0 spiro atoms. The lowest BCUT2D eigenvalue weighted by Gasteiger charge is -2.26. The molecule has 1 N–H and O–H groups in total. The molecule has 1 aromatic carbocycles. The predicted molar refractivity (Wildman–Crippen MR) is 75.4 cm³/mol. The molecule has 0 aromatic heterocycles. The van der Waals surface area contributed by atoms with E-state index in [-0.39, 0.29) is 6.10 Å². The molecule has 2 rings (SSSR count). The van der Waals surface area contributed by atoms with Crippen LogP contribution >= 0.6 is 22.6 Å². The third-order valence-corrected chi connectivity index (χ3v) is 4.27. The van der Waals surface area contributed by atoms with Crippen LogP contribution in [0.4, 0.5) is 0 Å². The van der Waals surface area contributed by atoms with Gasteiger partial charge in [0, 0.05) is 3.57 Å². The highest BCUT2D eigenvalue weighted by Gasteiger charge is 2.21. The Kier molecular flexibility index (Phi) is 4.65. The number of aliphatic hydroxyl groups excluding tert-OH is 1. The van der Waals surface area contributed by atoms with E-state index in [9.17, 15) is 5.11 Å². The van der Waals surface area contributed by atoms with E-state index < -0.39 is 0 Å². The number of hydrogen-bond donors (Lipinski definition) is 1. The third-order valence-electron chi connectivity index (χ3n) is 3.55. The molecule has 88 valence electrons. The SMILES string of the molecule is OC(Cc1ccc(I)cc1)C1CCCCC1. The Balaban J connectivity index is 1.90. The summed E-state index contributed by atoms with van der Waals surface area (Å²) in [7, 11) is 0. The van der Waals surface area contributed by atoms with Crippen LogP contribution in [0.5, 0.6) is 0 Å². The first-order valence-electron chi connectivity index (χ1n) is 6.18. The molecule has 1 fully saturated rings. The molecule has 1 unspecified atom stereocenters. The van der Waals surface area contributed by atoms with Crippen LogP contribution in [0, 0.1) is 9.49 Å². The van der Waals surface area contributed by atoms with E-state index >= 15 is 0 Å². The maximum absolute atomic E-state index is 10.2. The Morgan fingerprint density at radius 3 is 2.38 bits per heavy atom. The Bertz CT molecular complexity index is 314. The summed E-state index contributed by atoms with van der Waals surface area (Å²) in [5.74, 6) is 0.535. The van der Waals surface area contributed by atoms with Crippen LogP contribution in [0.3, 0.4) is 0 Å². The summed E-state index contributed by atoms with van der Waals surface area (Å²) in [4.78, 5) is 0. The zero-order valence-corrected chi connectivity index (χ0v) is 11.7. The van der Waals surface area contributed by atoms with E-state index in [4.69, 9.17) is 0 Å². The summed E-state index contributed by atoms with van der Waals surface area (Å²) in [5.41, 5.74) is 1.26.